The summed E-state index contributed by atoms with van der Waals surface area (Å²) in [7, 11) is 0. The van der Waals surface area contributed by atoms with Crippen LogP contribution in [0.2, 0.25) is 0 Å². The van der Waals surface area contributed by atoms with Crippen LogP contribution >= 0.6 is 0 Å². The van der Waals surface area contributed by atoms with Gasteiger partial charge in [0.2, 0.25) is 5.88 Å². The van der Waals surface area contributed by atoms with E-state index < -0.39 is 0 Å². The minimum atomic E-state index is -0.0608. The van der Waals surface area contributed by atoms with E-state index in [-0.39, 0.29) is 5.60 Å². The van der Waals surface area contributed by atoms with Crippen LogP contribution in [-0.4, -0.2) is 43.8 Å². The summed E-state index contributed by atoms with van der Waals surface area (Å²) in [5.41, 5.74) is 2.47. The Kier molecular flexibility index (Phi) is 4.00. The highest BCUT2D eigenvalue weighted by molar-refractivity contribution is 5.92. The van der Waals surface area contributed by atoms with E-state index >= 15 is 0 Å². The number of nitrogens with zero attached hydrogens (tertiary/aromatic N) is 5. The van der Waals surface area contributed by atoms with Gasteiger partial charge in [-0.15, -0.1) is 0 Å². The molecule has 1 aliphatic heterocycles. The fourth-order valence-corrected chi connectivity index (χ4v) is 3.80. The minimum absolute atomic E-state index is 0.0608. The zero-order valence-corrected chi connectivity index (χ0v) is 16.6. The Morgan fingerprint density at radius 1 is 1.14 bits per heavy atom. The Hall–Kier alpha value is -2.70. The molecular formula is C21H26N6O. The van der Waals surface area contributed by atoms with Crippen molar-refractivity contribution in [1.29, 1.82) is 0 Å². The Morgan fingerprint density at radius 2 is 2.00 bits per heavy atom. The molecule has 1 saturated carbocycles. The van der Waals surface area contributed by atoms with Crippen molar-refractivity contribution in [3.05, 3.63) is 24.7 Å². The van der Waals surface area contributed by atoms with Gasteiger partial charge in [0.1, 0.15) is 23.3 Å². The van der Waals surface area contributed by atoms with Crippen LogP contribution in [0.1, 0.15) is 40.0 Å². The quantitative estimate of drug-likeness (QED) is 0.743. The fourth-order valence-electron chi connectivity index (χ4n) is 3.80. The number of aromatic amines is 1. The Bertz CT molecular complexity index is 1010. The van der Waals surface area contributed by atoms with Gasteiger partial charge in [0, 0.05) is 30.6 Å². The van der Waals surface area contributed by atoms with E-state index in [0.717, 1.165) is 60.0 Å². The summed E-state index contributed by atoms with van der Waals surface area (Å²) in [6.45, 7) is 8.83. The lowest BCUT2D eigenvalue weighted by atomic mass is 9.89. The van der Waals surface area contributed by atoms with E-state index in [1.165, 1.54) is 6.42 Å². The summed E-state index contributed by atoms with van der Waals surface area (Å²) in [6, 6.07) is 4.02. The van der Waals surface area contributed by atoms with Gasteiger partial charge in [-0.05, 0) is 38.0 Å². The molecule has 0 amide bonds. The van der Waals surface area contributed by atoms with Crippen molar-refractivity contribution < 1.29 is 4.74 Å². The molecule has 3 aromatic heterocycles. The van der Waals surface area contributed by atoms with Crippen LogP contribution in [-0.2, 0) is 0 Å². The molecule has 0 radical (unpaired) electrons. The van der Waals surface area contributed by atoms with Gasteiger partial charge in [0.25, 0.3) is 0 Å². The number of nitrogens with one attached hydrogen (secondary N) is 1. The maximum atomic E-state index is 6.03. The number of pyridine rings is 1. The van der Waals surface area contributed by atoms with Gasteiger partial charge >= 0.3 is 0 Å². The molecule has 146 valence electrons. The van der Waals surface area contributed by atoms with E-state index in [2.05, 4.69) is 56.9 Å². The summed E-state index contributed by atoms with van der Waals surface area (Å²) >= 11 is 0. The summed E-state index contributed by atoms with van der Waals surface area (Å²) in [4.78, 5) is 15.8. The largest absolute Gasteiger partial charge is 0.471 e. The van der Waals surface area contributed by atoms with Gasteiger partial charge in [-0.1, -0.05) is 13.8 Å². The third-order valence-electron chi connectivity index (χ3n) is 6.29. The number of H-pyrrole nitrogens is 1. The minimum Gasteiger partial charge on any atom is -0.471 e. The van der Waals surface area contributed by atoms with Crippen LogP contribution in [0.15, 0.2) is 24.7 Å². The van der Waals surface area contributed by atoms with Crippen molar-refractivity contribution >= 4 is 16.7 Å². The highest BCUT2D eigenvalue weighted by atomic mass is 16.5. The SMILES string of the molecule is C[C@H]1CCN(c2cc(-c3[nH]nc4cnc(OC5(C)CC5)cc34)ncn2)C[C@@H]1C. The molecule has 0 unspecified atom stereocenters. The van der Waals surface area contributed by atoms with Crippen molar-refractivity contribution in [3.8, 4) is 17.3 Å². The molecule has 3 aromatic rings. The van der Waals surface area contributed by atoms with Crippen LogP contribution in [0.5, 0.6) is 5.88 Å². The number of hydrogen-bond donors (Lipinski definition) is 1. The van der Waals surface area contributed by atoms with Gasteiger partial charge in [-0.3, -0.25) is 5.10 Å². The van der Waals surface area contributed by atoms with Gasteiger partial charge in [0.15, 0.2) is 0 Å². The molecule has 4 heterocycles. The Balaban J connectivity index is 1.47. The molecule has 2 aliphatic rings. The van der Waals surface area contributed by atoms with E-state index in [1.807, 2.05) is 6.07 Å². The smallest absolute Gasteiger partial charge is 0.214 e. The molecule has 1 N–H and O–H groups in total. The highest BCUT2D eigenvalue weighted by Gasteiger charge is 2.40. The molecule has 5 rings (SSSR count). The second-order valence-corrected chi connectivity index (χ2v) is 8.64. The molecule has 7 heteroatoms. The van der Waals surface area contributed by atoms with E-state index in [4.69, 9.17) is 4.74 Å². The molecule has 0 aromatic carbocycles. The summed E-state index contributed by atoms with van der Waals surface area (Å²) < 4.78 is 6.03. The summed E-state index contributed by atoms with van der Waals surface area (Å²) in [6.07, 6.45) is 6.74. The standard InChI is InChI=1S/C21H26N6O/c1-13-4-7-27(11-14(13)2)18-9-16(23-12-24-18)20-15-8-19(28-21(3)5-6-21)22-10-17(15)25-26-20/h8-10,12-14H,4-7,11H2,1-3H3,(H,25,26)/t13-,14-/m0/s1. The van der Waals surface area contributed by atoms with E-state index in [9.17, 15) is 0 Å². The van der Waals surface area contributed by atoms with Crippen molar-refractivity contribution in [2.45, 2.75) is 45.6 Å². The average molecular weight is 378 g/mol. The lowest BCUT2D eigenvalue weighted by Gasteiger charge is -2.36. The van der Waals surface area contributed by atoms with Crippen LogP contribution < -0.4 is 9.64 Å². The number of rotatable bonds is 4. The fraction of sp³-hybridized carbons (Fsp3) is 0.524. The number of piperidine rings is 1. The second-order valence-electron chi connectivity index (χ2n) is 8.64. The molecule has 0 spiro atoms. The summed E-state index contributed by atoms with van der Waals surface area (Å²) in [5, 5.41) is 8.49. The molecular weight excluding hydrogens is 352 g/mol. The van der Waals surface area contributed by atoms with Gasteiger partial charge in [-0.25, -0.2) is 15.0 Å². The van der Waals surface area contributed by atoms with Gasteiger partial charge in [-0.2, -0.15) is 5.10 Å². The first-order valence-corrected chi connectivity index (χ1v) is 10.1. The predicted octanol–water partition coefficient (Wildman–Crippen LogP) is 3.83. The normalized spacial score (nSPS) is 23.8. The van der Waals surface area contributed by atoms with E-state index in [1.54, 1.807) is 12.5 Å². The second kappa shape index (κ2) is 6.43. The topological polar surface area (TPSA) is 79.8 Å². The molecule has 0 bridgehead atoms. The number of hydrogen-bond acceptors (Lipinski definition) is 6. The van der Waals surface area contributed by atoms with Crippen molar-refractivity contribution in [1.82, 2.24) is 25.1 Å². The monoisotopic (exact) mass is 378 g/mol. The number of ether oxygens (including phenoxy) is 1. The molecule has 2 fully saturated rings. The number of anilines is 1. The Labute approximate surface area is 164 Å². The van der Waals surface area contributed by atoms with Crippen LogP contribution in [0.3, 0.4) is 0 Å². The number of aromatic nitrogens is 5. The van der Waals surface area contributed by atoms with Crippen molar-refractivity contribution in [2.75, 3.05) is 18.0 Å². The van der Waals surface area contributed by atoms with E-state index in [0.29, 0.717) is 11.8 Å². The third-order valence-corrected chi connectivity index (χ3v) is 6.29. The Morgan fingerprint density at radius 3 is 2.79 bits per heavy atom. The lowest BCUT2D eigenvalue weighted by Crippen LogP contribution is -2.38. The first kappa shape index (κ1) is 17.4. The maximum absolute atomic E-state index is 6.03. The average Bonchev–Trinajstić information content (AvgIpc) is 3.26. The molecule has 7 nitrogen and oxygen atoms in total. The predicted molar refractivity (Wildman–Crippen MR) is 108 cm³/mol. The highest BCUT2D eigenvalue weighted by Crippen LogP contribution is 2.40. The first-order chi connectivity index (χ1) is 13.5. The van der Waals surface area contributed by atoms with Crippen molar-refractivity contribution in [2.24, 2.45) is 11.8 Å². The first-order valence-electron chi connectivity index (χ1n) is 10.1. The van der Waals surface area contributed by atoms with Crippen molar-refractivity contribution in [3.63, 3.8) is 0 Å². The zero-order valence-electron chi connectivity index (χ0n) is 16.6. The molecule has 28 heavy (non-hydrogen) atoms. The van der Waals surface area contributed by atoms with Gasteiger partial charge < -0.3 is 9.64 Å². The lowest BCUT2D eigenvalue weighted by molar-refractivity contribution is 0.192. The zero-order chi connectivity index (χ0) is 19.3. The van der Waals surface area contributed by atoms with Crippen LogP contribution in [0.25, 0.3) is 22.3 Å². The molecule has 2 atom stereocenters. The summed E-state index contributed by atoms with van der Waals surface area (Å²) in [5.74, 6) is 3.04. The third kappa shape index (κ3) is 3.19. The van der Waals surface area contributed by atoms with Crippen LogP contribution in [0.4, 0.5) is 5.82 Å². The molecule has 1 saturated heterocycles. The molecule has 1 aliphatic carbocycles. The maximum Gasteiger partial charge on any atom is 0.214 e. The number of fused-ring (bicyclic) bond motifs is 1. The van der Waals surface area contributed by atoms with Gasteiger partial charge in [0.05, 0.1) is 17.6 Å². The van der Waals surface area contributed by atoms with Crippen LogP contribution in [0, 0.1) is 11.8 Å².